The second-order valence-corrected chi connectivity index (χ2v) is 10.8. The van der Waals surface area contributed by atoms with E-state index in [1.807, 2.05) is 6.92 Å². The largest absolute Gasteiger partial charge is 0.477 e. The summed E-state index contributed by atoms with van der Waals surface area (Å²) in [5, 5.41) is 24.2. The van der Waals surface area contributed by atoms with Gasteiger partial charge in [0.2, 0.25) is 5.91 Å². The number of carboxylic acid groups (broad SMARTS) is 1. The molecule has 0 bridgehead atoms. The number of alkyl halides is 2. The van der Waals surface area contributed by atoms with Gasteiger partial charge in [-0.05, 0) is 25.5 Å². The van der Waals surface area contributed by atoms with Gasteiger partial charge in [0, 0.05) is 17.2 Å². The summed E-state index contributed by atoms with van der Waals surface area (Å²) in [5.41, 5.74) is 0.469. The number of thioether (sulfide) groups is 2. The molecule has 0 radical (unpaired) electrons. The summed E-state index contributed by atoms with van der Waals surface area (Å²) in [6.07, 6.45) is -2.75. The summed E-state index contributed by atoms with van der Waals surface area (Å²) in [6.45, 7) is 3.04. The Bertz CT molecular complexity index is 1150. The second-order valence-electron chi connectivity index (χ2n) is 7.26. The first-order valence-electron chi connectivity index (χ1n) is 9.60. The van der Waals surface area contributed by atoms with Gasteiger partial charge in [0.25, 0.3) is 12.3 Å². The van der Waals surface area contributed by atoms with Crippen molar-refractivity contribution in [3.63, 3.8) is 0 Å². The number of rotatable bonds is 8. The van der Waals surface area contributed by atoms with Gasteiger partial charge in [-0.15, -0.1) is 22.0 Å². The fourth-order valence-electron chi connectivity index (χ4n) is 3.44. The summed E-state index contributed by atoms with van der Waals surface area (Å²) >= 11 is 4.11. The molecule has 4 rings (SSSR count). The maximum Gasteiger partial charge on any atom is 0.352 e. The quantitative estimate of drug-likeness (QED) is 0.398. The standard InChI is InChI=1S/C18H18F2N6O4S3/c1-7-3-10(14(19)20)24-25(7)4-11(27)21-12-15(28)26-13(17(29)30)9(5-31-16(12)26)6-32-18-23-22-8(2)33-18/h3,12,14,16H,4-6H2,1-2H3,(H,21,27)(H,29,30)/t12-,16+/m1/s1. The van der Waals surface area contributed by atoms with Crippen LogP contribution in [0.5, 0.6) is 0 Å². The van der Waals surface area contributed by atoms with E-state index < -0.39 is 41.3 Å². The maximum atomic E-state index is 12.8. The van der Waals surface area contributed by atoms with E-state index in [9.17, 15) is 28.3 Å². The van der Waals surface area contributed by atoms with Crippen LogP contribution in [0.25, 0.3) is 0 Å². The molecule has 2 atom stereocenters. The van der Waals surface area contributed by atoms with Crippen molar-refractivity contribution in [1.82, 2.24) is 30.2 Å². The molecule has 15 heteroatoms. The average molecular weight is 517 g/mol. The molecule has 1 saturated heterocycles. The predicted molar refractivity (Wildman–Crippen MR) is 117 cm³/mol. The molecule has 2 amide bonds. The van der Waals surface area contributed by atoms with Crippen LogP contribution >= 0.6 is 34.9 Å². The Balaban J connectivity index is 1.42. The van der Waals surface area contributed by atoms with Crippen molar-refractivity contribution in [2.24, 2.45) is 0 Å². The molecule has 0 aliphatic carbocycles. The highest BCUT2D eigenvalue weighted by Gasteiger charge is 2.54. The van der Waals surface area contributed by atoms with Crippen molar-refractivity contribution in [3.05, 3.63) is 33.7 Å². The van der Waals surface area contributed by atoms with Crippen molar-refractivity contribution in [2.75, 3.05) is 11.5 Å². The molecule has 2 aromatic heterocycles. The molecule has 0 aromatic carbocycles. The third kappa shape index (κ3) is 4.75. The van der Waals surface area contributed by atoms with Crippen LogP contribution in [0.15, 0.2) is 21.7 Å². The summed E-state index contributed by atoms with van der Waals surface area (Å²) in [6, 6.07) is 0.292. The second kappa shape index (κ2) is 9.38. The zero-order valence-corrected chi connectivity index (χ0v) is 19.8. The van der Waals surface area contributed by atoms with Crippen LogP contribution in [0.1, 0.15) is 22.8 Å². The molecule has 0 saturated carbocycles. The minimum Gasteiger partial charge on any atom is -0.477 e. The lowest BCUT2D eigenvalue weighted by molar-refractivity contribution is -0.150. The van der Waals surface area contributed by atoms with E-state index in [-0.39, 0.29) is 12.2 Å². The van der Waals surface area contributed by atoms with Gasteiger partial charge in [-0.3, -0.25) is 19.2 Å². The minimum atomic E-state index is -2.75. The van der Waals surface area contributed by atoms with Crippen molar-refractivity contribution >= 4 is 52.6 Å². The van der Waals surface area contributed by atoms with Gasteiger partial charge in [0.15, 0.2) is 4.34 Å². The lowest BCUT2D eigenvalue weighted by Crippen LogP contribution is -2.70. The molecule has 0 unspecified atom stereocenters. The lowest BCUT2D eigenvalue weighted by Gasteiger charge is -2.49. The molecule has 10 nitrogen and oxygen atoms in total. The summed E-state index contributed by atoms with van der Waals surface area (Å²) < 4.78 is 27.5. The van der Waals surface area contributed by atoms with Gasteiger partial charge < -0.3 is 10.4 Å². The van der Waals surface area contributed by atoms with Crippen LogP contribution in [0.4, 0.5) is 8.78 Å². The number of aromatic nitrogens is 4. The first kappa shape index (κ1) is 23.6. The van der Waals surface area contributed by atoms with Crippen molar-refractivity contribution < 1.29 is 28.3 Å². The highest BCUT2D eigenvalue weighted by Crippen LogP contribution is 2.41. The molecule has 2 N–H and O–H groups in total. The number of β-lactam (4-membered cyclic amide) rings is 1. The normalized spacial score (nSPS) is 20.2. The molecule has 0 spiro atoms. The number of carbonyl (C=O) groups excluding carboxylic acids is 2. The van der Waals surface area contributed by atoms with E-state index >= 15 is 0 Å². The highest BCUT2D eigenvalue weighted by atomic mass is 32.2. The summed E-state index contributed by atoms with van der Waals surface area (Å²) in [7, 11) is 0. The highest BCUT2D eigenvalue weighted by molar-refractivity contribution is 8.01. The van der Waals surface area contributed by atoms with E-state index in [4.69, 9.17) is 0 Å². The maximum absolute atomic E-state index is 12.8. The number of hydrogen-bond donors (Lipinski definition) is 2. The monoisotopic (exact) mass is 516 g/mol. The van der Waals surface area contributed by atoms with Crippen LogP contribution in [0.3, 0.4) is 0 Å². The Morgan fingerprint density at radius 2 is 2.12 bits per heavy atom. The molecule has 2 aliphatic rings. The van der Waals surface area contributed by atoms with E-state index in [1.54, 1.807) is 6.92 Å². The minimum absolute atomic E-state index is 0.0764. The van der Waals surface area contributed by atoms with Gasteiger partial charge >= 0.3 is 5.97 Å². The smallest absolute Gasteiger partial charge is 0.352 e. The zero-order valence-electron chi connectivity index (χ0n) is 17.3. The van der Waals surface area contributed by atoms with Gasteiger partial charge in [0.05, 0.1) is 0 Å². The number of hydrogen-bond acceptors (Lipinski definition) is 9. The third-order valence-corrected chi connectivity index (χ3v) is 8.36. The third-order valence-electron chi connectivity index (χ3n) is 4.96. The molecule has 1 fully saturated rings. The SMILES string of the molecule is Cc1nnc(SCC2=C(C(=O)O)N3C(=O)[C@@H](NC(=O)Cn4nc(C(F)F)cc4C)[C@@H]3SC2)s1. The number of nitrogens with zero attached hydrogens (tertiary/aromatic N) is 5. The number of fused-ring (bicyclic) bond motifs is 1. The molecule has 176 valence electrons. The Morgan fingerprint density at radius 1 is 1.36 bits per heavy atom. The fourth-order valence-corrected chi connectivity index (χ4v) is 6.74. The van der Waals surface area contributed by atoms with Crippen LogP contribution < -0.4 is 5.32 Å². The van der Waals surface area contributed by atoms with E-state index in [0.29, 0.717) is 27.1 Å². The molecular weight excluding hydrogens is 498 g/mol. The zero-order chi connectivity index (χ0) is 23.9. The predicted octanol–water partition coefficient (Wildman–Crippen LogP) is 1.82. The summed E-state index contributed by atoms with van der Waals surface area (Å²) in [4.78, 5) is 38.3. The lowest BCUT2D eigenvalue weighted by atomic mass is 10.0. The molecular formula is C18H18F2N6O4S3. The molecule has 4 heterocycles. The Morgan fingerprint density at radius 3 is 2.73 bits per heavy atom. The summed E-state index contributed by atoms with van der Waals surface area (Å²) in [5.74, 6) is -1.59. The number of halogens is 2. The van der Waals surface area contributed by atoms with E-state index in [2.05, 4.69) is 20.6 Å². The van der Waals surface area contributed by atoms with Crippen molar-refractivity contribution in [2.45, 2.75) is 42.6 Å². The Kier molecular flexibility index (Phi) is 6.72. The van der Waals surface area contributed by atoms with Crippen LogP contribution in [0.2, 0.25) is 0 Å². The van der Waals surface area contributed by atoms with Gasteiger partial charge in [-0.2, -0.15) is 5.10 Å². The molecule has 2 aliphatic heterocycles. The van der Waals surface area contributed by atoms with Crippen LogP contribution in [-0.4, -0.2) is 70.7 Å². The number of aryl methyl sites for hydroxylation is 2. The number of nitrogens with one attached hydrogen (secondary N) is 1. The Labute approximate surface area is 198 Å². The van der Waals surface area contributed by atoms with Crippen molar-refractivity contribution in [1.29, 1.82) is 0 Å². The van der Waals surface area contributed by atoms with Gasteiger partial charge in [-0.25, -0.2) is 13.6 Å². The van der Waals surface area contributed by atoms with Crippen molar-refractivity contribution in [3.8, 4) is 0 Å². The number of aliphatic carboxylic acids is 1. The first-order chi connectivity index (χ1) is 15.7. The average Bonchev–Trinajstić information content (AvgIpc) is 3.34. The van der Waals surface area contributed by atoms with E-state index in [0.717, 1.165) is 9.69 Å². The van der Waals surface area contributed by atoms with Gasteiger partial charge in [0.1, 0.15) is 34.4 Å². The van der Waals surface area contributed by atoms with E-state index in [1.165, 1.54) is 45.8 Å². The first-order valence-corrected chi connectivity index (χ1v) is 12.5. The van der Waals surface area contributed by atoms with Crippen LogP contribution in [-0.2, 0) is 20.9 Å². The number of carboxylic acids is 1. The van der Waals surface area contributed by atoms with Gasteiger partial charge in [-0.1, -0.05) is 23.1 Å². The fraction of sp³-hybridized carbons (Fsp3) is 0.444. The topological polar surface area (TPSA) is 130 Å². The van der Waals surface area contributed by atoms with Crippen LogP contribution in [0, 0.1) is 13.8 Å². The number of carbonyl (C=O) groups is 3. The Hall–Kier alpha value is -2.52. The molecule has 2 aromatic rings. The molecule has 33 heavy (non-hydrogen) atoms. The number of amides is 2.